The van der Waals surface area contributed by atoms with E-state index < -0.39 is 0 Å². The normalized spacial score (nSPS) is 17.3. The average molecular weight is 231 g/mol. The largest absolute Gasteiger partial charge is 0.338 e. The van der Waals surface area contributed by atoms with Crippen LogP contribution in [-0.2, 0) is 0 Å². The van der Waals surface area contributed by atoms with Crippen LogP contribution in [0.1, 0.15) is 23.2 Å². The number of aromatic nitrogens is 2. The average Bonchev–Trinajstić information content (AvgIpc) is 2.71. The quantitative estimate of drug-likeness (QED) is 0.733. The van der Waals surface area contributed by atoms with Crippen molar-refractivity contribution >= 4 is 18.3 Å². The molecule has 0 aliphatic carbocycles. The molecule has 1 aliphatic rings. The molecule has 0 spiro atoms. The molecule has 0 saturated carbocycles. The highest BCUT2D eigenvalue weighted by Crippen LogP contribution is 2.11. The molecule has 1 fully saturated rings. The lowest BCUT2D eigenvalue weighted by Crippen LogP contribution is -2.42. The van der Waals surface area contributed by atoms with Gasteiger partial charge in [-0.15, -0.1) is 12.4 Å². The maximum atomic E-state index is 11.8. The van der Waals surface area contributed by atoms with Gasteiger partial charge in [-0.1, -0.05) is 0 Å². The maximum Gasteiger partial charge on any atom is 0.257 e. The molecule has 1 saturated heterocycles. The summed E-state index contributed by atoms with van der Waals surface area (Å²) in [6, 6.07) is 0.253. The van der Waals surface area contributed by atoms with E-state index in [9.17, 15) is 4.79 Å². The predicted molar refractivity (Wildman–Crippen MR) is 58.9 cm³/mol. The van der Waals surface area contributed by atoms with Crippen molar-refractivity contribution in [2.24, 2.45) is 5.73 Å². The number of halogens is 1. The zero-order valence-corrected chi connectivity index (χ0v) is 9.17. The fourth-order valence-electron chi connectivity index (χ4n) is 1.65. The van der Waals surface area contributed by atoms with Crippen LogP contribution in [0.4, 0.5) is 0 Å². The standard InChI is InChI=1S/C9H14N4O.ClH/c10-8-1-3-13(4-2-8)9(14)7-5-11-12-6-7;/h5-6,8H,1-4,10H2,(H,11,12);1H. The van der Waals surface area contributed by atoms with Crippen LogP contribution in [0.3, 0.4) is 0 Å². The Morgan fingerprint density at radius 2 is 2.20 bits per heavy atom. The summed E-state index contributed by atoms with van der Waals surface area (Å²) in [6.45, 7) is 1.51. The number of nitrogens with one attached hydrogen (secondary N) is 1. The van der Waals surface area contributed by atoms with E-state index >= 15 is 0 Å². The Labute approximate surface area is 94.4 Å². The van der Waals surface area contributed by atoms with Crippen molar-refractivity contribution in [2.75, 3.05) is 13.1 Å². The molecule has 2 heterocycles. The molecule has 1 aromatic heterocycles. The van der Waals surface area contributed by atoms with E-state index in [4.69, 9.17) is 5.73 Å². The number of hydrogen-bond donors (Lipinski definition) is 2. The molecule has 1 aliphatic heterocycles. The number of carbonyl (C=O) groups excluding carboxylic acids is 1. The van der Waals surface area contributed by atoms with Gasteiger partial charge < -0.3 is 10.6 Å². The van der Waals surface area contributed by atoms with Gasteiger partial charge in [-0.05, 0) is 12.8 Å². The van der Waals surface area contributed by atoms with Crippen molar-refractivity contribution in [3.8, 4) is 0 Å². The molecule has 3 N–H and O–H groups in total. The highest BCUT2D eigenvalue weighted by Gasteiger charge is 2.21. The predicted octanol–water partition coefficient (Wildman–Crippen LogP) is 0.395. The van der Waals surface area contributed by atoms with Crippen LogP contribution in [0.25, 0.3) is 0 Å². The Kier molecular flexibility index (Phi) is 4.11. The molecule has 0 atom stereocenters. The van der Waals surface area contributed by atoms with Gasteiger partial charge in [-0.25, -0.2) is 0 Å². The van der Waals surface area contributed by atoms with Gasteiger partial charge in [-0.3, -0.25) is 9.89 Å². The number of amides is 1. The molecule has 0 aromatic carbocycles. The number of nitrogens with zero attached hydrogens (tertiary/aromatic N) is 2. The summed E-state index contributed by atoms with van der Waals surface area (Å²) in [5.74, 6) is 0.0469. The minimum Gasteiger partial charge on any atom is -0.338 e. The summed E-state index contributed by atoms with van der Waals surface area (Å²) in [5.41, 5.74) is 6.38. The molecule has 84 valence electrons. The number of hydrogen-bond acceptors (Lipinski definition) is 3. The topological polar surface area (TPSA) is 75.0 Å². The van der Waals surface area contributed by atoms with E-state index in [1.165, 1.54) is 0 Å². The lowest BCUT2D eigenvalue weighted by molar-refractivity contribution is 0.0715. The van der Waals surface area contributed by atoms with Crippen LogP contribution in [0.2, 0.25) is 0 Å². The molecule has 1 aromatic rings. The number of aromatic amines is 1. The fraction of sp³-hybridized carbons (Fsp3) is 0.556. The lowest BCUT2D eigenvalue weighted by Gasteiger charge is -2.29. The summed E-state index contributed by atoms with van der Waals surface area (Å²) < 4.78 is 0. The summed E-state index contributed by atoms with van der Waals surface area (Å²) in [5, 5.41) is 6.39. The Morgan fingerprint density at radius 1 is 1.53 bits per heavy atom. The van der Waals surface area contributed by atoms with E-state index in [0.29, 0.717) is 5.56 Å². The minimum absolute atomic E-state index is 0. The Bertz CT molecular complexity index is 306. The molecule has 2 rings (SSSR count). The zero-order chi connectivity index (χ0) is 9.97. The SMILES string of the molecule is Cl.NC1CCN(C(=O)c2cn[nH]c2)CC1. The van der Waals surface area contributed by atoms with Crippen LogP contribution >= 0.6 is 12.4 Å². The summed E-state index contributed by atoms with van der Waals surface area (Å²) in [7, 11) is 0. The first-order chi connectivity index (χ1) is 6.77. The Hall–Kier alpha value is -1.07. The van der Waals surface area contributed by atoms with Crippen LogP contribution in [0, 0.1) is 0 Å². The highest BCUT2D eigenvalue weighted by atomic mass is 35.5. The van der Waals surface area contributed by atoms with Gasteiger partial charge in [0.15, 0.2) is 0 Å². The third-order valence-corrected chi connectivity index (χ3v) is 2.57. The van der Waals surface area contributed by atoms with Gasteiger partial charge in [0.25, 0.3) is 5.91 Å². The fourth-order valence-corrected chi connectivity index (χ4v) is 1.65. The molecule has 0 bridgehead atoms. The van der Waals surface area contributed by atoms with Crippen molar-refractivity contribution < 1.29 is 4.79 Å². The van der Waals surface area contributed by atoms with Gasteiger partial charge in [0.1, 0.15) is 0 Å². The van der Waals surface area contributed by atoms with Gasteiger partial charge in [-0.2, -0.15) is 5.10 Å². The first-order valence-corrected chi connectivity index (χ1v) is 4.81. The first kappa shape index (κ1) is 12.0. The molecular formula is C9H15ClN4O. The second-order valence-electron chi connectivity index (χ2n) is 3.62. The molecular weight excluding hydrogens is 216 g/mol. The molecule has 5 nitrogen and oxygen atoms in total. The molecule has 6 heteroatoms. The number of H-pyrrole nitrogens is 1. The maximum absolute atomic E-state index is 11.8. The number of nitrogens with two attached hydrogens (primary N) is 1. The molecule has 0 radical (unpaired) electrons. The van der Waals surface area contributed by atoms with Gasteiger partial charge in [0, 0.05) is 25.3 Å². The number of carbonyl (C=O) groups is 1. The second kappa shape index (κ2) is 5.14. The summed E-state index contributed by atoms with van der Waals surface area (Å²) >= 11 is 0. The highest BCUT2D eigenvalue weighted by molar-refractivity contribution is 5.93. The van der Waals surface area contributed by atoms with Crippen LogP contribution < -0.4 is 5.73 Å². The number of rotatable bonds is 1. The zero-order valence-electron chi connectivity index (χ0n) is 8.35. The number of likely N-dealkylation sites (tertiary alicyclic amines) is 1. The van der Waals surface area contributed by atoms with Crippen molar-refractivity contribution in [1.82, 2.24) is 15.1 Å². The molecule has 15 heavy (non-hydrogen) atoms. The summed E-state index contributed by atoms with van der Waals surface area (Å²) in [6.07, 6.45) is 4.96. The summed E-state index contributed by atoms with van der Waals surface area (Å²) in [4.78, 5) is 13.6. The molecule has 0 unspecified atom stereocenters. The second-order valence-corrected chi connectivity index (χ2v) is 3.62. The van der Waals surface area contributed by atoms with E-state index in [2.05, 4.69) is 10.2 Å². The van der Waals surface area contributed by atoms with Crippen LogP contribution in [-0.4, -0.2) is 40.1 Å². The first-order valence-electron chi connectivity index (χ1n) is 4.81. The molecule has 1 amide bonds. The van der Waals surface area contributed by atoms with Crippen LogP contribution in [0.15, 0.2) is 12.4 Å². The van der Waals surface area contributed by atoms with Gasteiger partial charge in [0.2, 0.25) is 0 Å². The van der Waals surface area contributed by atoms with Gasteiger partial charge >= 0.3 is 0 Å². The van der Waals surface area contributed by atoms with Crippen molar-refractivity contribution in [3.63, 3.8) is 0 Å². The Balaban J connectivity index is 0.00000112. The van der Waals surface area contributed by atoms with E-state index in [1.807, 2.05) is 4.90 Å². The number of piperidine rings is 1. The van der Waals surface area contributed by atoms with E-state index in [1.54, 1.807) is 12.4 Å². The minimum atomic E-state index is 0. The van der Waals surface area contributed by atoms with E-state index in [-0.39, 0.29) is 24.4 Å². The lowest BCUT2D eigenvalue weighted by atomic mass is 10.1. The third-order valence-electron chi connectivity index (χ3n) is 2.57. The van der Waals surface area contributed by atoms with Gasteiger partial charge in [0.05, 0.1) is 11.8 Å². The van der Waals surface area contributed by atoms with Crippen molar-refractivity contribution in [1.29, 1.82) is 0 Å². The van der Waals surface area contributed by atoms with Crippen LogP contribution in [0.5, 0.6) is 0 Å². The smallest absolute Gasteiger partial charge is 0.257 e. The Morgan fingerprint density at radius 3 is 2.73 bits per heavy atom. The van der Waals surface area contributed by atoms with Crippen molar-refractivity contribution in [3.05, 3.63) is 18.0 Å². The van der Waals surface area contributed by atoms with Crippen molar-refractivity contribution in [2.45, 2.75) is 18.9 Å². The third kappa shape index (κ3) is 2.70. The van der Waals surface area contributed by atoms with E-state index in [0.717, 1.165) is 25.9 Å². The monoisotopic (exact) mass is 230 g/mol.